The Balaban J connectivity index is 2.39. The van der Waals surface area contributed by atoms with Gasteiger partial charge in [-0.05, 0) is 41.6 Å². The normalized spacial score (nSPS) is 10.6. The van der Waals surface area contributed by atoms with Crippen LogP contribution in [0.4, 0.5) is 5.82 Å². The largest absolute Gasteiger partial charge is 0.396 e. The average molecular weight is 265 g/mol. The summed E-state index contributed by atoms with van der Waals surface area (Å²) in [6.07, 6.45) is 1.41. The molecule has 0 N–H and O–H groups in total. The molecule has 0 bridgehead atoms. The predicted molar refractivity (Wildman–Crippen MR) is 65.5 cm³/mol. The summed E-state index contributed by atoms with van der Waals surface area (Å²) in [6.45, 7) is 3.72. The summed E-state index contributed by atoms with van der Waals surface area (Å²) >= 11 is 1.14. The van der Waals surface area contributed by atoms with Crippen LogP contribution in [-0.2, 0) is 7.05 Å². The SMILES string of the molecule is Cc1cc(C)nc(Sc2c([N+](=O)[O-])ncn2C)n1. The fourth-order valence-corrected chi connectivity index (χ4v) is 2.44. The molecule has 0 fully saturated rings. The van der Waals surface area contributed by atoms with Crippen molar-refractivity contribution in [3.63, 3.8) is 0 Å². The molecular weight excluding hydrogens is 254 g/mol. The minimum Gasteiger partial charge on any atom is -0.358 e. The lowest BCUT2D eigenvalue weighted by atomic mass is 10.4. The first-order chi connectivity index (χ1) is 8.47. The number of hydrogen-bond donors (Lipinski definition) is 0. The van der Waals surface area contributed by atoms with Gasteiger partial charge in [-0.1, -0.05) is 0 Å². The zero-order valence-electron chi connectivity index (χ0n) is 10.1. The number of nitrogens with zero attached hydrogens (tertiary/aromatic N) is 5. The van der Waals surface area contributed by atoms with Gasteiger partial charge >= 0.3 is 5.82 Å². The fourth-order valence-electron chi connectivity index (χ4n) is 1.48. The maximum atomic E-state index is 10.8. The summed E-state index contributed by atoms with van der Waals surface area (Å²) in [7, 11) is 1.70. The highest BCUT2D eigenvalue weighted by Gasteiger charge is 2.22. The molecule has 18 heavy (non-hydrogen) atoms. The predicted octanol–water partition coefficient (Wildman–Crippen LogP) is 1.89. The summed E-state index contributed by atoms with van der Waals surface area (Å²) in [5.74, 6) is -0.176. The molecule has 7 nitrogen and oxygen atoms in total. The molecule has 2 aromatic heterocycles. The third-order valence-electron chi connectivity index (χ3n) is 2.19. The Morgan fingerprint density at radius 2 is 1.94 bits per heavy atom. The first kappa shape index (κ1) is 12.5. The van der Waals surface area contributed by atoms with Crippen molar-refractivity contribution in [3.05, 3.63) is 33.9 Å². The van der Waals surface area contributed by atoms with E-state index in [0.717, 1.165) is 23.1 Å². The van der Waals surface area contributed by atoms with E-state index in [4.69, 9.17) is 0 Å². The van der Waals surface area contributed by atoms with Crippen LogP contribution in [0.2, 0.25) is 0 Å². The van der Waals surface area contributed by atoms with Crippen molar-refractivity contribution in [1.82, 2.24) is 19.5 Å². The maximum absolute atomic E-state index is 10.8. The molecule has 0 saturated carbocycles. The lowest BCUT2D eigenvalue weighted by Gasteiger charge is -2.02. The number of imidazole rings is 1. The Kier molecular flexibility index (Phi) is 3.28. The van der Waals surface area contributed by atoms with Crippen LogP contribution < -0.4 is 0 Å². The highest BCUT2D eigenvalue weighted by molar-refractivity contribution is 7.99. The molecule has 2 rings (SSSR count). The number of rotatable bonds is 3. The van der Waals surface area contributed by atoms with Crippen molar-refractivity contribution >= 4 is 17.6 Å². The van der Waals surface area contributed by atoms with E-state index in [2.05, 4.69) is 15.0 Å². The summed E-state index contributed by atoms with van der Waals surface area (Å²) in [6, 6.07) is 1.85. The van der Waals surface area contributed by atoms with Gasteiger partial charge in [0.2, 0.25) is 6.33 Å². The van der Waals surface area contributed by atoms with Gasteiger partial charge in [-0.15, -0.1) is 0 Å². The minimum atomic E-state index is -0.509. The van der Waals surface area contributed by atoms with E-state index >= 15 is 0 Å². The molecular formula is C10H11N5O2S. The molecule has 0 amide bonds. The zero-order chi connectivity index (χ0) is 13.3. The van der Waals surface area contributed by atoms with Crippen molar-refractivity contribution < 1.29 is 4.92 Å². The molecule has 0 aliphatic carbocycles. The van der Waals surface area contributed by atoms with E-state index in [1.54, 1.807) is 11.6 Å². The van der Waals surface area contributed by atoms with Crippen molar-refractivity contribution in [1.29, 1.82) is 0 Å². The lowest BCUT2D eigenvalue weighted by molar-refractivity contribution is -0.392. The van der Waals surface area contributed by atoms with Crippen molar-refractivity contribution in [3.8, 4) is 0 Å². The van der Waals surface area contributed by atoms with E-state index in [1.807, 2.05) is 19.9 Å². The van der Waals surface area contributed by atoms with Gasteiger partial charge in [0.05, 0.1) is 0 Å². The molecule has 0 aliphatic heterocycles. The van der Waals surface area contributed by atoms with Gasteiger partial charge < -0.3 is 14.7 Å². The van der Waals surface area contributed by atoms with Crippen LogP contribution >= 0.6 is 11.8 Å². The van der Waals surface area contributed by atoms with Crippen LogP contribution in [0.1, 0.15) is 11.4 Å². The van der Waals surface area contributed by atoms with Crippen LogP contribution in [0, 0.1) is 24.0 Å². The van der Waals surface area contributed by atoms with Crippen LogP contribution in [-0.4, -0.2) is 24.4 Å². The Bertz CT molecular complexity index is 590. The molecule has 0 atom stereocenters. The molecule has 0 radical (unpaired) electrons. The first-order valence-electron chi connectivity index (χ1n) is 5.13. The van der Waals surface area contributed by atoms with E-state index < -0.39 is 4.92 Å². The van der Waals surface area contributed by atoms with Crippen LogP contribution in [0.3, 0.4) is 0 Å². The topological polar surface area (TPSA) is 86.7 Å². The van der Waals surface area contributed by atoms with Gasteiger partial charge in [-0.3, -0.25) is 0 Å². The Morgan fingerprint density at radius 3 is 2.50 bits per heavy atom. The number of hydrogen-bond acceptors (Lipinski definition) is 6. The van der Waals surface area contributed by atoms with Crippen LogP contribution in [0.5, 0.6) is 0 Å². The number of nitro groups is 1. The van der Waals surface area contributed by atoms with E-state index in [1.165, 1.54) is 6.33 Å². The van der Waals surface area contributed by atoms with E-state index in [-0.39, 0.29) is 5.82 Å². The molecule has 0 spiro atoms. The Labute approximate surface area is 107 Å². The van der Waals surface area contributed by atoms with Crippen LogP contribution in [0.15, 0.2) is 22.6 Å². The third kappa shape index (κ3) is 2.48. The zero-order valence-corrected chi connectivity index (χ0v) is 10.9. The second-order valence-corrected chi connectivity index (χ2v) is 4.73. The molecule has 2 heterocycles. The summed E-state index contributed by atoms with van der Waals surface area (Å²) in [5, 5.41) is 11.7. The molecule has 0 saturated heterocycles. The van der Waals surface area contributed by atoms with E-state index in [0.29, 0.717) is 10.2 Å². The van der Waals surface area contributed by atoms with Gasteiger partial charge in [-0.25, -0.2) is 9.97 Å². The number of aromatic nitrogens is 4. The van der Waals surface area contributed by atoms with E-state index in [9.17, 15) is 10.1 Å². The van der Waals surface area contributed by atoms with Crippen LogP contribution in [0.25, 0.3) is 0 Å². The first-order valence-corrected chi connectivity index (χ1v) is 5.95. The third-order valence-corrected chi connectivity index (χ3v) is 3.22. The molecule has 0 aliphatic rings. The smallest absolute Gasteiger partial charge is 0.358 e. The van der Waals surface area contributed by atoms with Gasteiger partial charge in [0.15, 0.2) is 10.2 Å². The monoisotopic (exact) mass is 265 g/mol. The second-order valence-electron chi connectivity index (χ2n) is 3.78. The van der Waals surface area contributed by atoms with Crippen molar-refractivity contribution in [2.24, 2.45) is 7.05 Å². The van der Waals surface area contributed by atoms with Gasteiger partial charge in [0, 0.05) is 18.4 Å². The highest BCUT2D eigenvalue weighted by Crippen LogP contribution is 2.31. The minimum absolute atomic E-state index is 0.176. The molecule has 94 valence electrons. The highest BCUT2D eigenvalue weighted by atomic mass is 32.2. The lowest BCUT2D eigenvalue weighted by Crippen LogP contribution is -1.97. The summed E-state index contributed by atoms with van der Waals surface area (Å²) in [5.41, 5.74) is 1.66. The van der Waals surface area contributed by atoms with Crippen molar-refractivity contribution in [2.75, 3.05) is 0 Å². The van der Waals surface area contributed by atoms with Gasteiger partial charge in [0.1, 0.15) is 0 Å². The Morgan fingerprint density at radius 1 is 1.33 bits per heavy atom. The average Bonchev–Trinajstić information content (AvgIpc) is 2.59. The van der Waals surface area contributed by atoms with Gasteiger partial charge in [0.25, 0.3) is 0 Å². The molecule has 8 heteroatoms. The molecule has 0 unspecified atom stereocenters. The molecule has 0 aromatic carbocycles. The Hall–Kier alpha value is -1.96. The standard InChI is InChI=1S/C10H11N5O2S/c1-6-4-7(2)13-10(12-6)18-9-8(15(16)17)11-5-14(9)3/h4-5H,1-3H3. The maximum Gasteiger partial charge on any atom is 0.396 e. The van der Waals surface area contributed by atoms with Crippen molar-refractivity contribution in [2.45, 2.75) is 24.0 Å². The summed E-state index contributed by atoms with van der Waals surface area (Å²) < 4.78 is 1.59. The number of aryl methyl sites for hydroxylation is 3. The fraction of sp³-hybridized carbons (Fsp3) is 0.300. The van der Waals surface area contributed by atoms with Gasteiger partial charge in [-0.2, -0.15) is 0 Å². The molecule has 2 aromatic rings. The summed E-state index contributed by atoms with van der Waals surface area (Å²) in [4.78, 5) is 22.5. The quantitative estimate of drug-likeness (QED) is 0.478. The second kappa shape index (κ2) is 4.73.